The Bertz CT molecular complexity index is 516. The van der Waals surface area contributed by atoms with Crippen molar-refractivity contribution in [2.75, 3.05) is 0 Å². The maximum Gasteiger partial charge on any atom is 0.188 e. The largest absolute Gasteiger partial charge is 0.469 e. The highest BCUT2D eigenvalue weighted by Crippen LogP contribution is 2.13. The second-order valence-corrected chi connectivity index (χ2v) is 3.75. The van der Waals surface area contributed by atoms with Crippen LogP contribution in [0.5, 0.6) is 0 Å². The van der Waals surface area contributed by atoms with Gasteiger partial charge >= 0.3 is 0 Å². The summed E-state index contributed by atoms with van der Waals surface area (Å²) in [6.07, 6.45) is 2.80. The van der Waals surface area contributed by atoms with Crippen molar-refractivity contribution < 1.29 is 14.0 Å². The molecule has 0 aliphatic carbocycles. The molecule has 0 atom stereocenters. The van der Waals surface area contributed by atoms with Gasteiger partial charge in [0.2, 0.25) is 0 Å². The lowest BCUT2D eigenvalue weighted by molar-refractivity contribution is 0.0888. The maximum atomic E-state index is 11.8. The summed E-state index contributed by atoms with van der Waals surface area (Å²) in [6.45, 7) is 1.70. The van der Waals surface area contributed by atoms with Crippen LogP contribution in [0.4, 0.5) is 0 Å². The zero-order chi connectivity index (χ0) is 12.4. The van der Waals surface area contributed by atoms with Gasteiger partial charge in [-0.3, -0.25) is 14.3 Å². The van der Waals surface area contributed by atoms with Gasteiger partial charge in [0.1, 0.15) is 11.5 Å². The zero-order valence-corrected chi connectivity index (χ0v) is 9.64. The third kappa shape index (κ3) is 2.18. The molecule has 2 aromatic heterocycles. The van der Waals surface area contributed by atoms with E-state index in [-0.39, 0.29) is 18.0 Å². The van der Waals surface area contributed by atoms with Crippen LogP contribution in [0.1, 0.15) is 33.0 Å². The third-order valence-electron chi connectivity index (χ3n) is 2.59. The minimum absolute atomic E-state index is 0.167. The molecule has 0 unspecified atom stereocenters. The molecule has 0 aliphatic heterocycles. The summed E-state index contributed by atoms with van der Waals surface area (Å²) in [4.78, 5) is 23.7. The zero-order valence-electron chi connectivity index (χ0n) is 9.64. The fourth-order valence-corrected chi connectivity index (χ4v) is 1.65. The summed E-state index contributed by atoms with van der Waals surface area (Å²) in [5, 5.41) is 3.89. The minimum atomic E-state index is -0.240. The Kier molecular flexibility index (Phi) is 2.91. The summed E-state index contributed by atoms with van der Waals surface area (Å²) in [5.41, 5.74) is 0.889. The molecule has 88 valence electrons. The van der Waals surface area contributed by atoms with E-state index < -0.39 is 0 Å². The van der Waals surface area contributed by atoms with Gasteiger partial charge in [0.15, 0.2) is 11.6 Å². The number of furan rings is 1. The first-order valence-corrected chi connectivity index (χ1v) is 5.18. The van der Waals surface area contributed by atoms with Crippen LogP contribution in [0, 0.1) is 6.92 Å². The molecule has 0 aromatic carbocycles. The highest BCUT2D eigenvalue weighted by atomic mass is 16.3. The average molecular weight is 232 g/mol. The van der Waals surface area contributed by atoms with E-state index in [4.69, 9.17) is 4.42 Å². The molecule has 5 nitrogen and oxygen atoms in total. The van der Waals surface area contributed by atoms with E-state index in [1.54, 1.807) is 26.1 Å². The standard InChI is InChI=1S/C12H12N2O3/c1-8-9(4-6-17-8)11(15)7-12(16)10-3-5-13-14(10)2/h3-6H,7H2,1-2H3. The second-order valence-electron chi connectivity index (χ2n) is 3.75. The van der Waals surface area contributed by atoms with E-state index in [1.807, 2.05) is 0 Å². The number of carbonyl (C=O) groups is 2. The summed E-state index contributed by atoms with van der Waals surface area (Å²) >= 11 is 0. The smallest absolute Gasteiger partial charge is 0.188 e. The van der Waals surface area contributed by atoms with Crippen LogP contribution >= 0.6 is 0 Å². The first-order valence-electron chi connectivity index (χ1n) is 5.18. The lowest BCUT2D eigenvalue weighted by atomic mass is 10.1. The fourth-order valence-electron chi connectivity index (χ4n) is 1.65. The van der Waals surface area contributed by atoms with Crippen molar-refractivity contribution in [1.82, 2.24) is 9.78 Å². The molecule has 0 radical (unpaired) electrons. The van der Waals surface area contributed by atoms with Crippen molar-refractivity contribution in [3.05, 3.63) is 41.6 Å². The molecule has 0 spiro atoms. The Hall–Kier alpha value is -2.17. The summed E-state index contributed by atoms with van der Waals surface area (Å²) in [6, 6.07) is 3.17. The first-order chi connectivity index (χ1) is 8.09. The Morgan fingerprint density at radius 1 is 1.35 bits per heavy atom. The van der Waals surface area contributed by atoms with Gasteiger partial charge in [-0.25, -0.2) is 0 Å². The van der Waals surface area contributed by atoms with Crippen LogP contribution in [0.15, 0.2) is 29.0 Å². The normalized spacial score (nSPS) is 10.5. The molecule has 0 fully saturated rings. The average Bonchev–Trinajstić information content (AvgIpc) is 2.86. The van der Waals surface area contributed by atoms with Crippen molar-refractivity contribution in [3.63, 3.8) is 0 Å². The molecule has 2 rings (SSSR count). The van der Waals surface area contributed by atoms with Gasteiger partial charge < -0.3 is 4.42 Å². The van der Waals surface area contributed by atoms with Crippen LogP contribution in [0.2, 0.25) is 0 Å². The lowest BCUT2D eigenvalue weighted by Gasteiger charge is -2.00. The quantitative estimate of drug-likeness (QED) is 0.595. The molecule has 0 amide bonds. The van der Waals surface area contributed by atoms with Gasteiger partial charge in [0.25, 0.3) is 0 Å². The molecule has 0 bridgehead atoms. The fraction of sp³-hybridized carbons (Fsp3) is 0.250. The molecular formula is C12H12N2O3. The van der Waals surface area contributed by atoms with Gasteiger partial charge in [-0.15, -0.1) is 0 Å². The molecule has 0 saturated carbocycles. The van der Waals surface area contributed by atoms with Gasteiger partial charge in [-0.1, -0.05) is 0 Å². The van der Waals surface area contributed by atoms with Gasteiger partial charge in [0.05, 0.1) is 18.2 Å². The predicted molar refractivity (Wildman–Crippen MR) is 59.9 cm³/mol. The van der Waals surface area contributed by atoms with Crippen molar-refractivity contribution in [2.45, 2.75) is 13.3 Å². The van der Waals surface area contributed by atoms with Crippen LogP contribution in [0.25, 0.3) is 0 Å². The van der Waals surface area contributed by atoms with E-state index in [9.17, 15) is 9.59 Å². The number of carbonyl (C=O) groups excluding carboxylic acids is 2. The van der Waals surface area contributed by atoms with E-state index in [0.717, 1.165) is 0 Å². The third-order valence-corrected chi connectivity index (χ3v) is 2.59. The van der Waals surface area contributed by atoms with E-state index >= 15 is 0 Å². The van der Waals surface area contributed by atoms with E-state index in [2.05, 4.69) is 5.10 Å². The van der Waals surface area contributed by atoms with Crippen LogP contribution in [-0.4, -0.2) is 21.3 Å². The summed E-state index contributed by atoms with van der Waals surface area (Å²) in [7, 11) is 1.67. The number of ketones is 2. The number of rotatable bonds is 4. The number of Topliss-reactive ketones (excluding diaryl/α,β-unsaturated/α-hetero) is 2. The summed E-state index contributed by atoms with van der Waals surface area (Å²) in [5.74, 6) is 0.0610. The molecule has 0 N–H and O–H groups in total. The van der Waals surface area contributed by atoms with E-state index in [1.165, 1.54) is 17.1 Å². The Morgan fingerprint density at radius 2 is 2.12 bits per heavy atom. The molecule has 0 aliphatic rings. The SMILES string of the molecule is Cc1occc1C(=O)CC(=O)c1ccnn1C. The Morgan fingerprint density at radius 3 is 2.65 bits per heavy atom. The molecule has 2 heterocycles. The highest BCUT2D eigenvalue weighted by molar-refractivity contribution is 6.13. The minimum Gasteiger partial charge on any atom is -0.469 e. The van der Waals surface area contributed by atoms with Crippen molar-refractivity contribution in [3.8, 4) is 0 Å². The number of nitrogens with zero attached hydrogens (tertiary/aromatic N) is 2. The first kappa shape index (κ1) is 11.3. The predicted octanol–water partition coefficient (Wildman–Crippen LogP) is 1.78. The molecule has 5 heteroatoms. The maximum absolute atomic E-state index is 11.8. The summed E-state index contributed by atoms with van der Waals surface area (Å²) < 4.78 is 6.49. The number of aromatic nitrogens is 2. The highest BCUT2D eigenvalue weighted by Gasteiger charge is 2.18. The van der Waals surface area contributed by atoms with Gasteiger partial charge in [0, 0.05) is 13.2 Å². The topological polar surface area (TPSA) is 65.1 Å². The van der Waals surface area contributed by atoms with E-state index in [0.29, 0.717) is 17.0 Å². The molecule has 2 aromatic rings. The van der Waals surface area contributed by atoms with Crippen LogP contribution < -0.4 is 0 Å². The molecule has 17 heavy (non-hydrogen) atoms. The molecule has 0 saturated heterocycles. The van der Waals surface area contributed by atoms with Crippen LogP contribution in [-0.2, 0) is 7.05 Å². The second kappa shape index (κ2) is 4.37. The van der Waals surface area contributed by atoms with Crippen molar-refractivity contribution >= 4 is 11.6 Å². The van der Waals surface area contributed by atoms with Gasteiger partial charge in [-0.2, -0.15) is 5.10 Å². The number of hydrogen-bond acceptors (Lipinski definition) is 4. The lowest BCUT2D eigenvalue weighted by Crippen LogP contribution is -2.12. The van der Waals surface area contributed by atoms with Crippen molar-refractivity contribution in [2.24, 2.45) is 7.05 Å². The van der Waals surface area contributed by atoms with Gasteiger partial charge in [-0.05, 0) is 19.1 Å². The van der Waals surface area contributed by atoms with Crippen molar-refractivity contribution in [1.29, 1.82) is 0 Å². The van der Waals surface area contributed by atoms with Crippen LogP contribution in [0.3, 0.4) is 0 Å². The number of aryl methyl sites for hydroxylation is 2. The molecular weight excluding hydrogens is 220 g/mol. The Labute approximate surface area is 98.0 Å². The monoisotopic (exact) mass is 232 g/mol. The Balaban J connectivity index is 2.13. The number of hydrogen-bond donors (Lipinski definition) is 0.